The van der Waals surface area contributed by atoms with Gasteiger partial charge in [0.25, 0.3) is 0 Å². The molecule has 0 bridgehead atoms. The number of nitrogens with zero attached hydrogens (tertiary/aromatic N) is 1. The monoisotopic (exact) mass is 321 g/mol. The van der Waals surface area contributed by atoms with Crippen LogP contribution in [0.1, 0.15) is 5.56 Å². The topological polar surface area (TPSA) is 31.4 Å². The van der Waals surface area contributed by atoms with E-state index in [9.17, 15) is 12.9 Å². The number of rotatable bonds is 5. The fourth-order valence-corrected chi connectivity index (χ4v) is 1.69. The fourth-order valence-electron chi connectivity index (χ4n) is 1.69. The van der Waals surface area contributed by atoms with Gasteiger partial charge in [-0.3, -0.25) is 0 Å². The quantitative estimate of drug-likeness (QED) is 0.711. The zero-order chi connectivity index (χ0) is 14.6. The summed E-state index contributed by atoms with van der Waals surface area (Å²) in [6, 6.07) is 8.26. The Morgan fingerprint density at radius 3 is 2.57 bits per heavy atom. The SMILES string of the molecule is COc1ncccc1COc1cccc([B-](F)(F)F)c1.[K+]. The molecule has 0 saturated heterocycles. The van der Waals surface area contributed by atoms with Crippen LogP contribution in [0.2, 0.25) is 0 Å². The van der Waals surface area contributed by atoms with E-state index in [4.69, 9.17) is 9.47 Å². The Morgan fingerprint density at radius 2 is 1.90 bits per heavy atom. The molecule has 0 fully saturated rings. The normalized spacial score (nSPS) is 10.7. The van der Waals surface area contributed by atoms with Crippen molar-refractivity contribution < 1.29 is 73.8 Å². The second-order valence-corrected chi connectivity index (χ2v) is 4.11. The maximum atomic E-state index is 12.6. The van der Waals surface area contributed by atoms with Gasteiger partial charge in [-0.05, 0) is 24.3 Å². The first-order valence-electron chi connectivity index (χ1n) is 5.91. The van der Waals surface area contributed by atoms with Gasteiger partial charge in [-0.25, -0.2) is 4.98 Å². The van der Waals surface area contributed by atoms with E-state index in [1.54, 1.807) is 18.3 Å². The van der Waals surface area contributed by atoms with Gasteiger partial charge in [-0.1, -0.05) is 12.1 Å². The van der Waals surface area contributed by atoms with Crippen LogP contribution in [0.25, 0.3) is 0 Å². The molecule has 106 valence electrons. The Bertz CT molecular complexity index is 596. The molecule has 3 nitrogen and oxygen atoms in total. The van der Waals surface area contributed by atoms with Gasteiger partial charge in [0.15, 0.2) is 0 Å². The predicted octanol–water partition coefficient (Wildman–Crippen LogP) is -0.272. The molecular weight excluding hydrogens is 309 g/mol. The second-order valence-electron chi connectivity index (χ2n) is 4.11. The largest absolute Gasteiger partial charge is 1.00 e. The fraction of sp³-hybridized carbons (Fsp3) is 0.154. The summed E-state index contributed by atoms with van der Waals surface area (Å²) in [5, 5.41) is 0. The summed E-state index contributed by atoms with van der Waals surface area (Å²) in [4.78, 5) is 3.99. The number of hydrogen-bond donors (Lipinski definition) is 0. The number of benzene rings is 1. The molecule has 0 unspecified atom stereocenters. The average molecular weight is 321 g/mol. The van der Waals surface area contributed by atoms with E-state index in [2.05, 4.69) is 4.98 Å². The van der Waals surface area contributed by atoms with E-state index in [-0.39, 0.29) is 63.7 Å². The summed E-state index contributed by atoms with van der Waals surface area (Å²) in [5.74, 6) is 0.552. The molecule has 2 aromatic rings. The summed E-state index contributed by atoms with van der Waals surface area (Å²) in [5.41, 5.74) is -0.0152. The molecule has 0 aliphatic heterocycles. The second kappa shape index (κ2) is 8.19. The van der Waals surface area contributed by atoms with Gasteiger partial charge in [0.1, 0.15) is 12.4 Å². The smallest absolute Gasteiger partial charge is 0.489 e. The minimum absolute atomic E-state index is 0. The molecule has 0 saturated carbocycles. The van der Waals surface area contributed by atoms with Crippen LogP contribution in [0.4, 0.5) is 12.9 Å². The van der Waals surface area contributed by atoms with E-state index in [0.717, 1.165) is 12.1 Å². The predicted molar refractivity (Wildman–Crippen MR) is 70.3 cm³/mol. The van der Waals surface area contributed by atoms with Crippen molar-refractivity contribution in [1.29, 1.82) is 0 Å². The molecule has 1 aromatic carbocycles. The summed E-state index contributed by atoms with van der Waals surface area (Å²) in [7, 11) is 1.47. The number of methoxy groups -OCH3 is 1. The standard InChI is InChI=1S/C13H12BF3NO2.K/c1-19-13-10(4-3-7-18-13)9-20-12-6-2-5-11(8-12)14(15,16)17;/h2-8H,9H2,1H3;/q-1;+1. The molecule has 0 aliphatic carbocycles. The molecule has 21 heavy (non-hydrogen) atoms. The third-order valence-corrected chi connectivity index (χ3v) is 2.67. The average Bonchev–Trinajstić information content (AvgIpc) is 2.45. The minimum atomic E-state index is -5.02. The van der Waals surface area contributed by atoms with Crippen molar-refractivity contribution >= 4 is 12.4 Å². The first-order valence-corrected chi connectivity index (χ1v) is 5.91. The molecule has 0 atom stereocenters. The zero-order valence-electron chi connectivity index (χ0n) is 11.7. The van der Waals surface area contributed by atoms with Crippen molar-refractivity contribution in [2.75, 3.05) is 7.11 Å². The first-order chi connectivity index (χ1) is 9.50. The summed E-state index contributed by atoms with van der Waals surface area (Å²) >= 11 is 0. The summed E-state index contributed by atoms with van der Waals surface area (Å²) < 4.78 is 48.3. The zero-order valence-corrected chi connectivity index (χ0v) is 14.8. The van der Waals surface area contributed by atoms with Gasteiger partial charge in [0.05, 0.1) is 12.7 Å². The van der Waals surface area contributed by atoms with Crippen LogP contribution in [0.3, 0.4) is 0 Å². The van der Waals surface area contributed by atoms with Crippen molar-refractivity contribution in [3.8, 4) is 11.6 Å². The van der Waals surface area contributed by atoms with Crippen molar-refractivity contribution in [3.05, 3.63) is 48.2 Å². The number of hydrogen-bond acceptors (Lipinski definition) is 3. The third kappa shape index (κ3) is 5.30. The molecule has 0 aliphatic rings. The first kappa shape index (κ1) is 18.5. The molecule has 0 N–H and O–H groups in total. The number of aromatic nitrogens is 1. The van der Waals surface area contributed by atoms with Crippen LogP contribution < -0.4 is 66.3 Å². The van der Waals surface area contributed by atoms with E-state index >= 15 is 0 Å². The van der Waals surface area contributed by atoms with Gasteiger partial charge in [0, 0.05) is 6.20 Å². The molecule has 2 rings (SSSR count). The van der Waals surface area contributed by atoms with Crippen LogP contribution in [0, 0.1) is 0 Å². The van der Waals surface area contributed by atoms with Crippen LogP contribution in [0.5, 0.6) is 11.6 Å². The van der Waals surface area contributed by atoms with Crippen LogP contribution in [-0.2, 0) is 6.61 Å². The maximum Gasteiger partial charge on any atom is 1.00 e. The minimum Gasteiger partial charge on any atom is -0.489 e. The van der Waals surface area contributed by atoms with Crippen LogP contribution >= 0.6 is 0 Å². The van der Waals surface area contributed by atoms with Crippen molar-refractivity contribution in [2.24, 2.45) is 0 Å². The Morgan fingerprint density at radius 1 is 1.14 bits per heavy atom. The van der Waals surface area contributed by atoms with Crippen LogP contribution in [0.15, 0.2) is 42.6 Å². The van der Waals surface area contributed by atoms with E-state index in [0.29, 0.717) is 11.4 Å². The Balaban J connectivity index is 0.00000220. The van der Waals surface area contributed by atoms with E-state index in [1.165, 1.54) is 19.2 Å². The van der Waals surface area contributed by atoms with Crippen molar-refractivity contribution in [2.45, 2.75) is 6.61 Å². The molecule has 8 heteroatoms. The molecule has 0 radical (unpaired) electrons. The molecule has 0 spiro atoms. The molecular formula is C13H12BF3KNO2. The van der Waals surface area contributed by atoms with Crippen molar-refractivity contribution in [1.82, 2.24) is 4.98 Å². The van der Waals surface area contributed by atoms with Gasteiger partial charge >= 0.3 is 58.4 Å². The van der Waals surface area contributed by atoms with Gasteiger partial charge in [-0.2, -0.15) is 0 Å². The van der Waals surface area contributed by atoms with E-state index < -0.39 is 12.4 Å². The molecule has 1 aromatic heterocycles. The molecule has 0 amide bonds. The Labute approximate surface area is 163 Å². The summed E-state index contributed by atoms with van der Waals surface area (Å²) in [6.07, 6.45) is 1.56. The number of pyridine rings is 1. The molecule has 1 heterocycles. The number of halogens is 3. The Hall–Kier alpha value is -0.539. The van der Waals surface area contributed by atoms with E-state index in [1.807, 2.05) is 0 Å². The van der Waals surface area contributed by atoms with Gasteiger partial charge < -0.3 is 22.4 Å². The maximum absolute atomic E-state index is 12.6. The number of ether oxygens (including phenoxy) is 2. The van der Waals surface area contributed by atoms with Gasteiger partial charge in [0.2, 0.25) is 5.88 Å². The Kier molecular flexibility index (Phi) is 7.22. The third-order valence-electron chi connectivity index (χ3n) is 2.67. The van der Waals surface area contributed by atoms with Crippen molar-refractivity contribution in [3.63, 3.8) is 0 Å². The van der Waals surface area contributed by atoms with Gasteiger partial charge in [-0.15, -0.1) is 5.46 Å². The summed E-state index contributed by atoms with van der Waals surface area (Å²) in [6.45, 7) is -4.94. The van der Waals surface area contributed by atoms with Crippen LogP contribution in [-0.4, -0.2) is 19.1 Å².